The second-order valence-corrected chi connectivity index (χ2v) is 7.16. The number of hydrogen-bond donors (Lipinski definition) is 2. The molecular formula is C22H23N3O7. The number of carbonyl (C=O) groups is 2. The lowest BCUT2D eigenvalue weighted by molar-refractivity contribution is -0.385. The quantitative estimate of drug-likeness (QED) is 0.383. The van der Waals surface area contributed by atoms with E-state index >= 15 is 0 Å². The molecule has 0 bridgehead atoms. The van der Waals surface area contributed by atoms with Crippen molar-refractivity contribution in [2.75, 3.05) is 14.2 Å². The van der Waals surface area contributed by atoms with Crippen LogP contribution in [0.25, 0.3) is 5.70 Å². The van der Waals surface area contributed by atoms with Crippen molar-refractivity contribution in [2.24, 2.45) is 0 Å². The van der Waals surface area contributed by atoms with Crippen molar-refractivity contribution in [1.29, 1.82) is 0 Å². The van der Waals surface area contributed by atoms with Gasteiger partial charge in [-0.1, -0.05) is 30.3 Å². The first-order valence-electron chi connectivity index (χ1n) is 9.75. The zero-order chi connectivity index (χ0) is 23.4. The number of methoxy groups -OCH3 is 2. The predicted octanol–water partition coefficient (Wildman–Crippen LogP) is 3.33. The maximum Gasteiger partial charge on any atom is 0.338 e. The van der Waals surface area contributed by atoms with Crippen molar-refractivity contribution in [1.82, 2.24) is 10.6 Å². The Morgan fingerprint density at radius 3 is 2.31 bits per heavy atom. The van der Waals surface area contributed by atoms with Gasteiger partial charge in [0.15, 0.2) is 0 Å². The van der Waals surface area contributed by atoms with Crippen LogP contribution >= 0.6 is 0 Å². The average molecular weight is 441 g/mol. The normalized spacial score (nSPS) is 15.7. The molecule has 1 heterocycles. The van der Waals surface area contributed by atoms with E-state index in [0.717, 1.165) is 0 Å². The lowest BCUT2D eigenvalue weighted by atomic mass is 9.91. The molecule has 168 valence electrons. The molecule has 2 amide bonds. The first-order chi connectivity index (χ1) is 15.3. The molecule has 3 rings (SSSR count). The molecule has 2 aromatic carbocycles. The van der Waals surface area contributed by atoms with Crippen LogP contribution in [0.2, 0.25) is 0 Å². The van der Waals surface area contributed by atoms with Gasteiger partial charge in [0.2, 0.25) is 5.75 Å². The molecule has 10 heteroatoms. The Morgan fingerprint density at radius 2 is 1.75 bits per heavy atom. The number of ether oxygens (including phenoxy) is 3. The Bertz CT molecular complexity index is 1080. The number of nitro benzene ring substituents is 1. The molecule has 0 radical (unpaired) electrons. The van der Waals surface area contributed by atoms with Crippen molar-refractivity contribution in [3.63, 3.8) is 0 Å². The molecule has 0 saturated heterocycles. The molecular weight excluding hydrogens is 418 g/mol. The first-order valence-corrected chi connectivity index (χ1v) is 9.75. The van der Waals surface area contributed by atoms with Crippen molar-refractivity contribution < 1.29 is 28.7 Å². The van der Waals surface area contributed by atoms with Gasteiger partial charge in [-0.2, -0.15) is 0 Å². The van der Waals surface area contributed by atoms with Crippen LogP contribution in [0, 0.1) is 10.1 Å². The number of nitrogens with one attached hydrogen (secondary N) is 2. The van der Waals surface area contributed by atoms with Crippen LogP contribution in [0.3, 0.4) is 0 Å². The van der Waals surface area contributed by atoms with Crippen LogP contribution in [-0.2, 0) is 9.53 Å². The highest BCUT2D eigenvalue weighted by Gasteiger charge is 2.37. The minimum Gasteiger partial charge on any atom is -0.496 e. The van der Waals surface area contributed by atoms with E-state index in [1.54, 1.807) is 44.2 Å². The number of esters is 1. The number of urea groups is 1. The molecule has 0 fully saturated rings. The molecule has 1 unspecified atom stereocenters. The Labute approximate surface area is 184 Å². The molecule has 1 atom stereocenters. The van der Waals surface area contributed by atoms with Gasteiger partial charge >= 0.3 is 17.7 Å². The van der Waals surface area contributed by atoms with Crippen LogP contribution in [0.4, 0.5) is 10.5 Å². The van der Waals surface area contributed by atoms with E-state index in [0.29, 0.717) is 5.56 Å². The molecule has 0 saturated carbocycles. The summed E-state index contributed by atoms with van der Waals surface area (Å²) in [5, 5.41) is 16.9. The zero-order valence-electron chi connectivity index (χ0n) is 18.0. The number of benzene rings is 2. The standard InChI is InChI=1S/C22H23N3O7/c1-12(2)32-21(26)18-19(13-8-6-5-7-9-13)23-22(27)24-20(18)14-10-15(25(28)29)17(31-4)11-16(14)30-3/h5-12,20H,1-4H3,(H2,23,24,27). The monoisotopic (exact) mass is 441 g/mol. The largest absolute Gasteiger partial charge is 0.496 e. The van der Waals surface area contributed by atoms with Crippen LogP contribution in [0.1, 0.15) is 31.0 Å². The van der Waals surface area contributed by atoms with E-state index in [1.807, 2.05) is 0 Å². The first kappa shape index (κ1) is 22.6. The van der Waals surface area contributed by atoms with Crippen LogP contribution < -0.4 is 20.1 Å². The summed E-state index contributed by atoms with van der Waals surface area (Å²) in [6, 6.07) is 9.68. The SMILES string of the molecule is COc1cc(OC)c([N+](=O)[O-])cc1C1NC(=O)NC(c2ccccc2)=C1C(=O)OC(C)C. The summed E-state index contributed by atoms with van der Waals surface area (Å²) in [4.78, 5) is 36.7. The van der Waals surface area contributed by atoms with Crippen molar-refractivity contribution in [2.45, 2.75) is 26.0 Å². The summed E-state index contributed by atoms with van der Waals surface area (Å²) in [5.41, 5.74) is 0.769. The van der Waals surface area contributed by atoms with Gasteiger partial charge in [-0.25, -0.2) is 9.59 Å². The lowest BCUT2D eigenvalue weighted by Gasteiger charge is -2.30. The highest BCUT2D eigenvalue weighted by molar-refractivity contribution is 6.04. The van der Waals surface area contributed by atoms with Gasteiger partial charge in [0, 0.05) is 17.7 Å². The summed E-state index contributed by atoms with van der Waals surface area (Å²) in [5.74, 6) is -0.506. The smallest absolute Gasteiger partial charge is 0.338 e. The lowest BCUT2D eigenvalue weighted by Crippen LogP contribution is -2.45. The third-order valence-corrected chi connectivity index (χ3v) is 4.74. The van der Waals surface area contributed by atoms with Crippen LogP contribution in [0.15, 0.2) is 48.0 Å². The number of amides is 2. The van der Waals surface area contributed by atoms with Gasteiger partial charge in [0.25, 0.3) is 0 Å². The average Bonchev–Trinajstić information content (AvgIpc) is 2.77. The van der Waals surface area contributed by atoms with E-state index in [4.69, 9.17) is 14.2 Å². The Hall–Kier alpha value is -4.08. The predicted molar refractivity (Wildman–Crippen MR) is 115 cm³/mol. The second kappa shape index (κ2) is 9.38. The molecule has 2 N–H and O–H groups in total. The Morgan fingerprint density at radius 1 is 1.09 bits per heavy atom. The number of carbonyl (C=O) groups excluding carboxylic acids is 2. The number of hydrogen-bond acceptors (Lipinski definition) is 7. The zero-order valence-corrected chi connectivity index (χ0v) is 18.0. The van der Waals surface area contributed by atoms with Gasteiger partial charge in [-0.05, 0) is 19.4 Å². The van der Waals surface area contributed by atoms with E-state index in [9.17, 15) is 19.7 Å². The van der Waals surface area contributed by atoms with E-state index in [-0.39, 0.29) is 34.0 Å². The summed E-state index contributed by atoms with van der Waals surface area (Å²) in [6.45, 7) is 3.40. The fourth-order valence-electron chi connectivity index (χ4n) is 3.40. The molecule has 1 aliphatic heterocycles. The molecule has 0 spiro atoms. The van der Waals surface area contributed by atoms with Crippen LogP contribution in [-0.4, -0.2) is 37.2 Å². The molecule has 1 aliphatic rings. The topological polar surface area (TPSA) is 129 Å². The minimum atomic E-state index is -1.08. The molecule has 32 heavy (non-hydrogen) atoms. The number of nitrogens with zero attached hydrogens (tertiary/aromatic N) is 1. The fourth-order valence-corrected chi connectivity index (χ4v) is 3.40. The number of rotatable bonds is 7. The summed E-state index contributed by atoms with van der Waals surface area (Å²) >= 11 is 0. The summed E-state index contributed by atoms with van der Waals surface area (Å²) in [6.07, 6.45) is -0.433. The van der Waals surface area contributed by atoms with E-state index in [1.165, 1.54) is 26.4 Å². The fraction of sp³-hybridized carbons (Fsp3) is 0.273. The third kappa shape index (κ3) is 4.48. The van der Waals surface area contributed by atoms with Gasteiger partial charge < -0.3 is 24.8 Å². The molecule has 0 aliphatic carbocycles. The Kier molecular flexibility index (Phi) is 6.62. The molecule has 2 aromatic rings. The van der Waals surface area contributed by atoms with Gasteiger partial charge in [-0.15, -0.1) is 0 Å². The highest BCUT2D eigenvalue weighted by Crippen LogP contribution is 2.41. The maximum atomic E-state index is 13.2. The van der Waals surface area contributed by atoms with Crippen molar-refractivity contribution >= 4 is 23.4 Å². The second-order valence-electron chi connectivity index (χ2n) is 7.16. The van der Waals surface area contributed by atoms with Gasteiger partial charge in [-0.3, -0.25) is 10.1 Å². The molecule has 0 aromatic heterocycles. The van der Waals surface area contributed by atoms with E-state index < -0.39 is 29.1 Å². The van der Waals surface area contributed by atoms with Gasteiger partial charge in [0.05, 0.1) is 42.6 Å². The number of nitro groups is 1. The highest BCUT2D eigenvalue weighted by atomic mass is 16.6. The summed E-state index contributed by atoms with van der Waals surface area (Å²) < 4.78 is 16.0. The minimum absolute atomic E-state index is 0.0190. The van der Waals surface area contributed by atoms with Crippen molar-refractivity contribution in [3.8, 4) is 11.5 Å². The van der Waals surface area contributed by atoms with Crippen LogP contribution in [0.5, 0.6) is 11.5 Å². The maximum absolute atomic E-state index is 13.2. The van der Waals surface area contributed by atoms with E-state index in [2.05, 4.69) is 10.6 Å². The summed E-state index contributed by atoms with van der Waals surface area (Å²) in [7, 11) is 2.67. The molecule has 10 nitrogen and oxygen atoms in total. The van der Waals surface area contributed by atoms with Gasteiger partial charge in [0.1, 0.15) is 5.75 Å². The third-order valence-electron chi connectivity index (χ3n) is 4.74. The van der Waals surface area contributed by atoms with Crippen molar-refractivity contribution in [3.05, 3.63) is 69.3 Å². The Balaban J connectivity index is 2.29.